The van der Waals surface area contributed by atoms with Crippen LogP contribution in [0.25, 0.3) is 5.78 Å². The quantitative estimate of drug-likeness (QED) is 0.741. The van der Waals surface area contributed by atoms with Crippen molar-refractivity contribution in [1.82, 2.24) is 24.5 Å². The van der Waals surface area contributed by atoms with Crippen molar-refractivity contribution in [3.05, 3.63) is 48.0 Å². The number of hydrogen-bond donors (Lipinski definition) is 2. The normalized spacial score (nSPS) is 13.7. The molecular weight excluding hydrogens is 346 g/mol. The number of anilines is 2. The summed E-state index contributed by atoms with van der Waals surface area (Å²) in [4.78, 5) is 34.9. The first-order chi connectivity index (χ1) is 13.1. The van der Waals surface area contributed by atoms with Crippen LogP contribution in [0.2, 0.25) is 0 Å². The molecule has 1 saturated heterocycles. The summed E-state index contributed by atoms with van der Waals surface area (Å²) in [6.45, 7) is 3.35. The van der Waals surface area contributed by atoms with Gasteiger partial charge in [0.15, 0.2) is 0 Å². The van der Waals surface area contributed by atoms with Crippen molar-refractivity contribution in [3.63, 3.8) is 0 Å². The number of para-hydroxylation sites is 2. The fourth-order valence-electron chi connectivity index (χ4n) is 3.00. The molecule has 2 aromatic heterocycles. The maximum absolute atomic E-state index is 12.6. The van der Waals surface area contributed by atoms with Crippen LogP contribution in [0.5, 0.6) is 0 Å². The number of nitrogens with zero attached hydrogens (tertiary/aromatic N) is 5. The summed E-state index contributed by atoms with van der Waals surface area (Å²) in [5, 5.41) is 9.82. The third-order valence-electron chi connectivity index (χ3n) is 4.44. The molecule has 0 spiro atoms. The van der Waals surface area contributed by atoms with Crippen LogP contribution in [0.1, 0.15) is 29.2 Å². The Hall–Kier alpha value is -3.49. The van der Waals surface area contributed by atoms with Gasteiger partial charge in [-0.25, -0.2) is 14.3 Å². The van der Waals surface area contributed by atoms with Crippen LogP contribution in [0, 0.1) is 6.92 Å². The summed E-state index contributed by atoms with van der Waals surface area (Å²) >= 11 is 0. The van der Waals surface area contributed by atoms with Crippen molar-refractivity contribution in [2.24, 2.45) is 0 Å². The molecule has 1 aliphatic heterocycles. The Balaban J connectivity index is 1.54. The highest BCUT2D eigenvalue weighted by Crippen LogP contribution is 2.22. The van der Waals surface area contributed by atoms with E-state index in [0.29, 0.717) is 17.2 Å². The van der Waals surface area contributed by atoms with Crippen molar-refractivity contribution in [2.45, 2.75) is 19.8 Å². The van der Waals surface area contributed by atoms with Gasteiger partial charge in [-0.3, -0.25) is 4.79 Å². The van der Waals surface area contributed by atoms with E-state index >= 15 is 0 Å². The average molecular weight is 365 g/mol. The fraction of sp³-hybridized carbons (Fsp3) is 0.278. The number of aryl methyl sites for hydroxylation is 1. The summed E-state index contributed by atoms with van der Waals surface area (Å²) in [5.74, 6) is -0.101. The number of aromatic nitrogens is 4. The molecule has 9 nitrogen and oxygen atoms in total. The Kier molecular flexibility index (Phi) is 4.41. The molecule has 0 saturated carbocycles. The summed E-state index contributed by atoms with van der Waals surface area (Å²) < 4.78 is 1.51. The zero-order valence-corrected chi connectivity index (χ0v) is 14.8. The van der Waals surface area contributed by atoms with E-state index in [2.05, 4.69) is 25.7 Å². The molecule has 0 unspecified atom stereocenters. The van der Waals surface area contributed by atoms with E-state index in [1.165, 1.54) is 4.52 Å². The van der Waals surface area contributed by atoms with Gasteiger partial charge in [0.05, 0.1) is 11.4 Å². The van der Waals surface area contributed by atoms with Gasteiger partial charge in [0.1, 0.15) is 0 Å². The molecule has 0 atom stereocenters. The molecule has 1 aliphatic rings. The number of carbonyl (C=O) groups excluding carboxylic acids is 2. The summed E-state index contributed by atoms with van der Waals surface area (Å²) in [6, 6.07) is 8.66. The van der Waals surface area contributed by atoms with Gasteiger partial charge in [-0.1, -0.05) is 12.1 Å². The first-order valence-corrected chi connectivity index (χ1v) is 8.76. The van der Waals surface area contributed by atoms with Crippen molar-refractivity contribution < 1.29 is 9.59 Å². The maximum Gasteiger partial charge on any atom is 0.321 e. The maximum atomic E-state index is 12.6. The number of amides is 3. The second-order valence-electron chi connectivity index (χ2n) is 6.36. The Bertz CT molecular complexity index is 1010. The second kappa shape index (κ2) is 7.02. The van der Waals surface area contributed by atoms with Crippen LogP contribution in [0.3, 0.4) is 0 Å². The lowest BCUT2D eigenvalue weighted by Gasteiger charge is -2.18. The zero-order chi connectivity index (χ0) is 18.8. The summed E-state index contributed by atoms with van der Waals surface area (Å²) in [7, 11) is 0. The predicted molar refractivity (Wildman–Crippen MR) is 99.7 cm³/mol. The molecule has 0 aliphatic carbocycles. The summed E-state index contributed by atoms with van der Waals surface area (Å²) in [6.07, 6.45) is 3.64. The molecule has 27 heavy (non-hydrogen) atoms. The molecule has 0 bridgehead atoms. The smallest absolute Gasteiger partial charge is 0.321 e. The number of urea groups is 1. The van der Waals surface area contributed by atoms with Gasteiger partial charge in [0, 0.05) is 25.0 Å². The standard InChI is InChI=1S/C18H19N7O2/c1-12-8-9-19-17-22-15(23-25(12)17)16(26)20-13-6-2-3-7-14(13)21-18(27)24-10-4-5-11-24/h2-3,6-9H,4-5,10-11H2,1H3,(H,20,26)(H,21,27). The topological polar surface area (TPSA) is 105 Å². The number of hydrogen-bond acceptors (Lipinski definition) is 5. The first-order valence-electron chi connectivity index (χ1n) is 8.76. The zero-order valence-electron chi connectivity index (χ0n) is 14.8. The van der Waals surface area contributed by atoms with E-state index in [1.807, 2.05) is 6.92 Å². The van der Waals surface area contributed by atoms with Crippen LogP contribution < -0.4 is 10.6 Å². The van der Waals surface area contributed by atoms with Crippen molar-refractivity contribution in [1.29, 1.82) is 0 Å². The minimum atomic E-state index is -0.470. The monoisotopic (exact) mass is 365 g/mol. The van der Waals surface area contributed by atoms with E-state index in [1.54, 1.807) is 41.4 Å². The number of benzene rings is 1. The van der Waals surface area contributed by atoms with Gasteiger partial charge in [0.25, 0.3) is 11.7 Å². The third kappa shape index (κ3) is 3.43. The lowest BCUT2D eigenvalue weighted by Crippen LogP contribution is -2.32. The molecule has 138 valence electrons. The highest BCUT2D eigenvalue weighted by Gasteiger charge is 2.20. The third-order valence-corrected chi connectivity index (χ3v) is 4.44. The average Bonchev–Trinajstić information content (AvgIpc) is 3.34. The van der Waals surface area contributed by atoms with Crippen molar-refractivity contribution in [2.75, 3.05) is 23.7 Å². The van der Waals surface area contributed by atoms with Crippen LogP contribution in [0.15, 0.2) is 36.5 Å². The van der Waals surface area contributed by atoms with Crippen LogP contribution >= 0.6 is 0 Å². The molecule has 2 N–H and O–H groups in total. The Morgan fingerprint density at radius 2 is 1.74 bits per heavy atom. The number of rotatable bonds is 3. The molecule has 0 radical (unpaired) electrons. The van der Waals surface area contributed by atoms with Crippen LogP contribution in [0.4, 0.5) is 16.2 Å². The minimum absolute atomic E-state index is 0.0115. The van der Waals surface area contributed by atoms with Gasteiger partial charge in [-0.05, 0) is 38.0 Å². The molecule has 3 aromatic rings. The largest absolute Gasteiger partial charge is 0.325 e. The van der Waals surface area contributed by atoms with E-state index < -0.39 is 5.91 Å². The fourth-order valence-corrected chi connectivity index (χ4v) is 3.00. The Morgan fingerprint density at radius 3 is 2.44 bits per heavy atom. The lowest BCUT2D eigenvalue weighted by molar-refractivity contribution is 0.101. The highest BCUT2D eigenvalue weighted by molar-refractivity contribution is 6.05. The van der Waals surface area contributed by atoms with E-state index in [0.717, 1.165) is 31.6 Å². The summed E-state index contributed by atoms with van der Waals surface area (Å²) in [5.41, 5.74) is 1.84. The number of carbonyl (C=O) groups is 2. The van der Waals surface area contributed by atoms with Gasteiger partial charge < -0.3 is 15.5 Å². The van der Waals surface area contributed by atoms with Gasteiger partial charge in [0.2, 0.25) is 5.82 Å². The lowest BCUT2D eigenvalue weighted by atomic mass is 10.2. The highest BCUT2D eigenvalue weighted by atomic mass is 16.2. The SMILES string of the molecule is Cc1ccnc2nc(C(=O)Nc3ccccc3NC(=O)N3CCCC3)nn12. The van der Waals surface area contributed by atoms with E-state index in [-0.39, 0.29) is 11.9 Å². The Labute approximate surface area is 155 Å². The molecule has 3 amide bonds. The second-order valence-corrected chi connectivity index (χ2v) is 6.36. The van der Waals surface area contributed by atoms with Gasteiger partial charge in [-0.2, -0.15) is 4.98 Å². The van der Waals surface area contributed by atoms with Crippen molar-refractivity contribution >= 4 is 29.1 Å². The molecule has 4 rings (SSSR count). The number of fused-ring (bicyclic) bond motifs is 1. The molecule has 1 fully saturated rings. The predicted octanol–water partition coefficient (Wildman–Crippen LogP) is 2.31. The van der Waals surface area contributed by atoms with Crippen LogP contribution in [-0.2, 0) is 0 Å². The minimum Gasteiger partial charge on any atom is -0.325 e. The number of nitrogens with one attached hydrogen (secondary N) is 2. The number of likely N-dealkylation sites (tertiary alicyclic amines) is 1. The van der Waals surface area contributed by atoms with Gasteiger partial charge in [-0.15, -0.1) is 5.10 Å². The first kappa shape index (κ1) is 17.0. The Morgan fingerprint density at radius 1 is 1.04 bits per heavy atom. The molecule has 1 aromatic carbocycles. The van der Waals surface area contributed by atoms with Crippen molar-refractivity contribution in [3.8, 4) is 0 Å². The molecule has 3 heterocycles. The molecule has 9 heteroatoms. The van der Waals surface area contributed by atoms with Crippen LogP contribution in [-0.4, -0.2) is 49.5 Å². The molecular formula is C18H19N7O2. The van der Waals surface area contributed by atoms with E-state index in [9.17, 15) is 9.59 Å². The van der Waals surface area contributed by atoms with E-state index in [4.69, 9.17) is 0 Å². The van der Waals surface area contributed by atoms with Gasteiger partial charge >= 0.3 is 6.03 Å².